The largest absolute Gasteiger partial charge is 0.497 e. The molecular weight excluding hydrogens is 356 g/mol. The van der Waals surface area contributed by atoms with E-state index in [1.807, 2.05) is 38.1 Å². The number of sulfonamides is 1. The van der Waals surface area contributed by atoms with Crippen LogP contribution >= 0.6 is 0 Å². The van der Waals surface area contributed by atoms with Crippen molar-refractivity contribution in [2.24, 2.45) is 4.99 Å². The van der Waals surface area contributed by atoms with Crippen molar-refractivity contribution in [2.75, 3.05) is 39.5 Å². The first-order chi connectivity index (χ1) is 12.3. The van der Waals surface area contributed by atoms with E-state index in [0.29, 0.717) is 32.0 Å². The van der Waals surface area contributed by atoms with Gasteiger partial charge in [-0.25, -0.2) is 18.1 Å². The normalized spacial score (nSPS) is 13.2. The van der Waals surface area contributed by atoms with Gasteiger partial charge in [-0.15, -0.1) is 0 Å². The van der Waals surface area contributed by atoms with Crippen LogP contribution in [-0.4, -0.2) is 60.0 Å². The zero-order valence-electron chi connectivity index (χ0n) is 15.9. The number of methoxy groups -OCH3 is 1. The van der Waals surface area contributed by atoms with Crippen LogP contribution in [0.25, 0.3) is 0 Å². The topological polar surface area (TPSA) is 101 Å². The molecule has 1 aromatic rings. The van der Waals surface area contributed by atoms with Gasteiger partial charge < -0.3 is 20.1 Å². The van der Waals surface area contributed by atoms with Gasteiger partial charge >= 0.3 is 0 Å². The molecule has 0 saturated carbocycles. The highest BCUT2D eigenvalue weighted by molar-refractivity contribution is 7.88. The number of benzene rings is 1. The minimum Gasteiger partial charge on any atom is -0.497 e. The van der Waals surface area contributed by atoms with E-state index >= 15 is 0 Å². The number of guanidine groups is 1. The van der Waals surface area contributed by atoms with Gasteiger partial charge in [0, 0.05) is 25.7 Å². The third kappa shape index (κ3) is 10.1. The summed E-state index contributed by atoms with van der Waals surface area (Å²) in [5.74, 6) is 2.15. The lowest BCUT2D eigenvalue weighted by molar-refractivity contribution is 0.229. The minimum atomic E-state index is -3.14. The molecule has 0 heterocycles. The molecule has 0 spiro atoms. The summed E-state index contributed by atoms with van der Waals surface area (Å²) in [5.41, 5.74) is 0. The summed E-state index contributed by atoms with van der Waals surface area (Å²) < 4.78 is 35.5. The Kier molecular flexibility index (Phi) is 9.82. The zero-order valence-corrected chi connectivity index (χ0v) is 16.7. The molecule has 148 valence electrons. The van der Waals surface area contributed by atoms with Crippen LogP contribution in [0.1, 0.15) is 20.3 Å². The molecule has 1 unspecified atom stereocenters. The Morgan fingerprint density at radius 1 is 1.23 bits per heavy atom. The maximum Gasteiger partial charge on any atom is 0.208 e. The molecule has 1 aromatic carbocycles. The van der Waals surface area contributed by atoms with Crippen LogP contribution in [0.2, 0.25) is 0 Å². The van der Waals surface area contributed by atoms with Gasteiger partial charge in [0.1, 0.15) is 17.6 Å². The highest BCUT2D eigenvalue weighted by Crippen LogP contribution is 2.19. The number of hydrogen-bond donors (Lipinski definition) is 3. The molecular formula is C17H30N4O4S. The Morgan fingerprint density at radius 3 is 2.62 bits per heavy atom. The van der Waals surface area contributed by atoms with Crippen LogP contribution in [0, 0.1) is 0 Å². The van der Waals surface area contributed by atoms with Crippen molar-refractivity contribution in [3.8, 4) is 11.5 Å². The molecule has 0 radical (unpaired) electrons. The van der Waals surface area contributed by atoms with Gasteiger partial charge in [-0.1, -0.05) is 6.07 Å². The maximum absolute atomic E-state index is 11.0. The van der Waals surface area contributed by atoms with Crippen molar-refractivity contribution in [1.29, 1.82) is 0 Å². The number of nitrogens with one attached hydrogen (secondary N) is 3. The van der Waals surface area contributed by atoms with E-state index in [4.69, 9.17) is 9.47 Å². The van der Waals surface area contributed by atoms with Gasteiger partial charge in [-0.2, -0.15) is 0 Å². The standard InChI is InChI=1S/C17H30N4O4S/c1-5-18-17(19-10-7-11-21-26(4,22)23)20-13-14(2)25-16-9-6-8-15(12-16)24-3/h6,8-9,12,14,21H,5,7,10-11,13H2,1-4H3,(H2,18,19,20). The van der Waals surface area contributed by atoms with Crippen molar-refractivity contribution >= 4 is 16.0 Å². The molecule has 0 aliphatic rings. The molecule has 0 saturated heterocycles. The van der Waals surface area contributed by atoms with E-state index in [9.17, 15) is 8.42 Å². The summed E-state index contributed by atoms with van der Waals surface area (Å²) in [6.45, 7) is 6.15. The van der Waals surface area contributed by atoms with E-state index in [1.54, 1.807) is 7.11 Å². The molecule has 0 fully saturated rings. The number of hydrogen-bond acceptors (Lipinski definition) is 5. The number of nitrogens with zero attached hydrogens (tertiary/aromatic N) is 1. The first-order valence-corrected chi connectivity index (χ1v) is 10.5. The van der Waals surface area contributed by atoms with Crippen molar-refractivity contribution in [3.05, 3.63) is 24.3 Å². The quantitative estimate of drug-likeness (QED) is 0.297. The molecule has 0 aliphatic heterocycles. The lowest BCUT2D eigenvalue weighted by Gasteiger charge is -2.15. The van der Waals surface area contributed by atoms with Crippen molar-refractivity contribution < 1.29 is 17.9 Å². The van der Waals surface area contributed by atoms with Crippen LogP contribution < -0.4 is 24.8 Å². The summed E-state index contributed by atoms with van der Waals surface area (Å²) in [5, 5.41) is 6.32. The van der Waals surface area contributed by atoms with Crippen LogP contribution in [0.4, 0.5) is 0 Å². The van der Waals surface area contributed by atoms with Gasteiger partial charge in [0.15, 0.2) is 5.96 Å². The van der Waals surface area contributed by atoms with Gasteiger partial charge in [0.25, 0.3) is 0 Å². The van der Waals surface area contributed by atoms with Gasteiger partial charge in [-0.05, 0) is 32.4 Å². The van der Waals surface area contributed by atoms with E-state index < -0.39 is 10.0 Å². The lowest BCUT2D eigenvalue weighted by Crippen LogP contribution is -2.39. The number of ether oxygens (including phenoxy) is 2. The van der Waals surface area contributed by atoms with Crippen LogP contribution in [0.5, 0.6) is 11.5 Å². The molecule has 0 bridgehead atoms. The predicted octanol–water partition coefficient (Wildman–Crippen LogP) is 0.957. The van der Waals surface area contributed by atoms with Crippen molar-refractivity contribution in [2.45, 2.75) is 26.4 Å². The fraction of sp³-hybridized carbons (Fsp3) is 0.588. The van der Waals surface area contributed by atoms with Crippen molar-refractivity contribution in [1.82, 2.24) is 15.4 Å². The van der Waals surface area contributed by atoms with Crippen LogP contribution in [-0.2, 0) is 10.0 Å². The summed E-state index contributed by atoms with van der Waals surface area (Å²) in [6.07, 6.45) is 1.70. The maximum atomic E-state index is 11.0. The molecule has 0 aliphatic carbocycles. The van der Waals surface area contributed by atoms with Crippen LogP contribution in [0.3, 0.4) is 0 Å². The molecule has 1 rings (SSSR count). The van der Waals surface area contributed by atoms with Gasteiger partial charge in [-0.3, -0.25) is 0 Å². The Bertz CT molecular complexity index is 664. The molecule has 8 nitrogen and oxygen atoms in total. The van der Waals surface area contributed by atoms with E-state index in [2.05, 4.69) is 20.3 Å². The Morgan fingerprint density at radius 2 is 1.96 bits per heavy atom. The molecule has 1 atom stereocenters. The SMILES string of the molecule is CCNC(=NCC(C)Oc1cccc(OC)c1)NCCCNS(C)(=O)=O. The van der Waals surface area contributed by atoms with Gasteiger partial charge in [0.2, 0.25) is 10.0 Å². The second-order valence-electron chi connectivity index (χ2n) is 5.77. The molecule has 0 amide bonds. The van der Waals surface area contributed by atoms with E-state index in [1.165, 1.54) is 0 Å². The van der Waals surface area contributed by atoms with Crippen LogP contribution in [0.15, 0.2) is 29.3 Å². The fourth-order valence-electron chi connectivity index (χ4n) is 2.06. The minimum absolute atomic E-state index is 0.107. The zero-order chi connectivity index (χ0) is 19.4. The second-order valence-corrected chi connectivity index (χ2v) is 7.61. The van der Waals surface area contributed by atoms with Crippen molar-refractivity contribution in [3.63, 3.8) is 0 Å². The highest BCUT2D eigenvalue weighted by Gasteiger charge is 2.06. The fourth-order valence-corrected chi connectivity index (χ4v) is 2.57. The monoisotopic (exact) mass is 386 g/mol. The third-order valence-electron chi connectivity index (χ3n) is 3.24. The molecule has 3 N–H and O–H groups in total. The van der Waals surface area contributed by atoms with E-state index in [0.717, 1.165) is 24.3 Å². The number of aliphatic imine (C=N–C) groups is 1. The molecule has 9 heteroatoms. The summed E-state index contributed by atoms with van der Waals surface area (Å²) in [6, 6.07) is 7.45. The summed E-state index contributed by atoms with van der Waals surface area (Å²) >= 11 is 0. The first kappa shape index (κ1) is 22.0. The highest BCUT2D eigenvalue weighted by atomic mass is 32.2. The van der Waals surface area contributed by atoms with Gasteiger partial charge in [0.05, 0.1) is 19.9 Å². The average molecular weight is 387 g/mol. The molecule has 0 aromatic heterocycles. The Balaban J connectivity index is 2.43. The Labute approximate surface area is 156 Å². The van der Waals surface area contributed by atoms with E-state index in [-0.39, 0.29) is 6.10 Å². The lowest BCUT2D eigenvalue weighted by atomic mass is 10.3. The Hall–Kier alpha value is -2.00. The first-order valence-electron chi connectivity index (χ1n) is 8.61. The average Bonchev–Trinajstić information content (AvgIpc) is 2.58. The summed E-state index contributed by atoms with van der Waals surface area (Å²) in [7, 11) is -1.52. The smallest absolute Gasteiger partial charge is 0.208 e. The number of rotatable bonds is 11. The summed E-state index contributed by atoms with van der Waals surface area (Å²) in [4.78, 5) is 4.50. The predicted molar refractivity (Wildman–Crippen MR) is 105 cm³/mol. The molecule has 26 heavy (non-hydrogen) atoms. The second kappa shape index (κ2) is 11.6. The third-order valence-corrected chi connectivity index (χ3v) is 3.97.